The first-order chi connectivity index (χ1) is 11.6. The van der Waals surface area contributed by atoms with E-state index in [1.807, 2.05) is 13.8 Å². The van der Waals surface area contributed by atoms with Crippen molar-refractivity contribution in [2.24, 2.45) is 5.73 Å². The van der Waals surface area contributed by atoms with E-state index in [0.29, 0.717) is 22.5 Å². The van der Waals surface area contributed by atoms with Crippen molar-refractivity contribution in [3.05, 3.63) is 47.5 Å². The van der Waals surface area contributed by atoms with E-state index in [-0.39, 0.29) is 17.7 Å². The Hall–Kier alpha value is -2.48. The minimum Gasteiger partial charge on any atom is -0.405 e. The molecule has 8 heteroatoms. The molecule has 2 N–H and O–H groups in total. The van der Waals surface area contributed by atoms with E-state index in [0.717, 1.165) is 10.6 Å². The normalized spacial score (nSPS) is 12.1. The monoisotopic (exact) mass is 364 g/mol. The van der Waals surface area contributed by atoms with Crippen LogP contribution in [0.15, 0.2) is 30.5 Å². The first kappa shape index (κ1) is 18.9. The van der Waals surface area contributed by atoms with Crippen LogP contribution in [0.25, 0.3) is 17.3 Å². The van der Waals surface area contributed by atoms with Gasteiger partial charge in [0.15, 0.2) is 0 Å². The predicted octanol–water partition coefficient (Wildman–Crippen LogP) is 2.73. The third kappa shape index (κ3) is 4.14. The number of sulfonamides is 1. The Morgan fingerprint density at radius 3 is 2.28 bits per heavy atom. The summed E-state index contributed by atoms with van der Waals surface area (Å²) in [5, 5.41) is 0. The Kier molecular flexibility index (Phi) is 5.42. The first-order valence-electron chi connectivity index (χ1n) is 7.65. The third-order valence-corrected chi connectivity index (χ3v) is 4.83. The molecular weight excluding hydrogens is 343 g/mol. The molecule has 0 aliphatic heterocycles. The minimum absolute atomic E-state index is 0.000101. The maximum absolute atomic E-state index is 13.3. The highest BCUT2D eigenvalue weighted by molar-refractivity contribution is 7.92. The summed E-state index contributed by atoms with van der Waals surface area (Å²) in [7, 11) is -2.13. The highest BCUT2D eigenvalue weighted by atomic mass is 32.2. The molecule has 2 aromatic rings. The average molecular weight is 364 g/mol. The summed E-state index contributed by atoms with van der Waals surface area (Å²) >= 11 is 0. The van der Waals surface area contributed by atoms with Crippen molar-refractivity contribution >= 4 is 22.0 Å². The number of anilines is 1. The summed E-state index contributed by atoms with van der Waals surface area (Å²) in [5.41, 5.74) is 8.03. The fraction of sp³-hybridized carbons (Fsp3) is 0.294. The molecule has 0 saturated heterocycles. The van der Waals surface area contributed by atoms with Gasteiger partial charge in [-0.3, -0.25) is 0 Å². The molecule has 0 unspecified atom stereocenters. The van der Waals surface area contributed by atoms with E-state index in [1.54, 1.807) is 18.2 Å². The highest BCUT2D eigenvalue weighted by Gasteiger charge is 2.21. The molecule has 0 saturated carbocycles. The molecule has 0 radical (unpaired) electrons. The molecule has 6 nitrogen and oxygen atoms in total. The maximum atomic E-state index is 13.3. The molecule has 0 bridgehead atoms. The van der Waals surface area contributed by atoms with Gasteiger partial charge >= 0.3 is 0 Å². The van der Waals surface area contributed by atoms with Gasteiger partial charge in [0.2, 0.25) is 16.0 Å². The van der Waals surface area contributed by atoms with E-state index in [4.69, 9.17) is 5.73 Å². The number of halogens is 1. The standard InChI is InChI=1S/C17H21FN4O2S/c1-11(2)15-14(9-10-19)16(12-5-7-13(18)8-6-12)21-17(20-15)22(3)25(4,23)24/h5-11H,19H2,1-4H3/b10-9+. The number of benzene rings is 1. The van der Waals surface area contributed by atoms with Crippen LogP contribution in [0, 0.1) is 5.82 Å². The fourth-order valence-electron chi connectivity index (χ4n) is 2.29. The van der Waals surface area contributed by atoms with Gasteiger partial charge in [-0.25, -0.2) is 27.1 Å². The molecule has 1 aromatic heterocycles. The summed E-state index contributed by atoms with van der Waals surface area (Å²) in [4.78, 5) is 8.82. The first-order valence-corrected chi connectivity index (χ1v) is 9.50. The molecule has 2 rings (SSSR count). The Balaban J connectivity index is 2.81. The van der Waals surface area contributed by atoms with Crippen LogP contribution in [0.3, 0.4) is 0 Å². The van der Waals surface area contributed by atoms with Gasteiger partial charge in [0.25, 0.3) is 0 Å². The van der Waals surface area contributed by atoms with Crippen molar-refractivity contribution in [1.29, 1.82) is 0 Å². The second kappa shape index (κ2) is 7.18. The highest BCUT2D eigenvalue weighted by Crippen LogP contribution is 2.31. The molecule has 1 aromatic carbocycles. The van der Waals surface area contributed by atoms with Gasteiger partial charge in [0.05, 0.1) is 17.6 Å². The van der Waals surface area contributed by atoms with Crippen LogP contribution in [-0.4, -0.2) is 31.7 Å². The Bertz CT molecular complexity index is 894. The topological polar surface area (TPSA) is 89.2 Å². The van der Waals surface area contributed by atoms with E-state index in [2.05, 4.69) is 9.97 Å². The fourth-order valence-corrected chi connectivity index (χ4v) is 2.67. The molecule has 0 atom stereocenters. The summed E-state index contributed by atoms with van der Waals surface area (Å²) in [6, 6.07) is 5.81. The van der Waals surface area contributed by atoms with Crippen molar-refractivity contribution in [2.75, 3.05) is 17.6 Å². The summed E-state index contributed by atoms with van der Waals surface area (Å²) in [6.07, 6.45) is 4.12. The number of rotatable bonds is 5. The van der Waals surface area contributed by atoms with Gasteiger partial charge in [-0.1, -0.05) is 13.8 Å². The predicted molar refractivity (Wildman–Crippen MR) is 98.0 cm³/mol. The van der Waals surface area contributed by atoms with Crippen LogP contribution in [-0.2, 0) is 10.0 Å². The molecule has 25 heavy (non-hydrogen) atoms. The van der Waals surface area contributed by atoms with Gasteiger partial charge in [-0.2, -0.15) is 0 Å². The second-order valence-corrected chi connectivity index (χ2v) is 7.94. The number of hydrogen-bond donors (Lipinski definition) is 1. The van der Waals surface area contributed by atoms with Crippen LogP contribution in [0.4, 0.5) is 10.3 Å². The molecule has 0 fully saturated rings. The number of hydrogen-bond acceptors (Lipinski definition) is 5. The summed E-state index contributed by atoms with van der Waals surface area (Å²) < 4.78 is 38.0. The maximum Gasteiger partial charge on any atom is 0.239 e. The molecule has 0 aliphatic rings. The van der Waals surface area contributed by atoms with Crippen LogP contribution in [0.1, 0.15) is 31.0 Å². The van der Waals surface area contributed by atoms with Crippen LogP contribution in [0.5, 0.6) is 0 Å². The van der Waals surface area contributed by atoms with Crippen molar-refractivity contribution in [1.82, 2.24) is 9.97 Å². The third-order valence-electron chi connectivity index (χ3n) is 3.67. The van der Waals surface area contributed by atoms with Crippen molar-refractivity contribution in [3.63, 3.8) is 0 Å². The number of aromatic nitrogens is 2. The second-order valence-electron chi connectivity index (χ2n) is 5.92. The SMILES string of the molecule is CC(C)c1nc(N(C)S(C)(=O)=O)nc(-c2ccc(F)cc2)c1/C=C/N. The van der Waals surface area contributed by atoms with Gasteiger partial charge < -0.3 is 5.73 Å². The minimum atomic E-state index is -3.52. The van der Waals surface area contributed by atoms with Gasteiger partial charge in [0, 0.05) is 18.2 Å². The van der Waals surface area contributed by atoms with Crippen LogP contribution < -0.4 is 10.0 Å². The largest absolute Gasteiger partial charge is 0.405 e. The Labute approximate surface area is 147 Å². The zero-order valence-corrected chi connectivity index (χ0v) is 15.4. The summed E-state index contributed by atoms with van der Waals surface area (Å²) in [6.45, 7) is 3.88. The molecule has 134 valence electrons. The van der Waals surface area contributed by atoms with Crippen molar-refractivity contribution in [3.8, 4) is 11.3 Å². The van der Waals surface area contributed by atoms with E-state index in [9.17, 15) is 12.8 Å². The summed E-state index contributed by atoms with van der Waals surface area (Å²) in [5.74, 6) is -0.314. The molecule has 0 spiro atoms. The lowest BCUT2D eigenvalue weighted by molar-refractivity contribution is 0.599. The van der Waals surface area contributed by atoms with Gasteiger partial charge in [-0.15, -0.1) is 0 Å². The Morgan fingerprint density at radius 1 is 1.20 bits per heavy atom. The molecule has 0 amide bonds. The van der Waals surface area contributed by atoms with Crippen LogP contribution in [0.2, 0.25) is 0 Å². The van der Waals surface area contributed by atoms with E-state index < -0.39 is 10.0 Å². The molecular formula is C17H21FN4O2S. The van der Waals surface area contributed by atoms with E-state index >= 15 is 0 Å². The van der Waals surface area contributed by atoms with Crippen molar-refractivity contribution in [2.45, 2.75) is 19.8 Å². The Morgan fingerprint density at radius 2 is 1.80 bits per heavy atom. The smallest absolute Gasteiger partial charge is 0.239 e. The zero-order chi connectivity index (χ0) is 18.8. The lowest BCUT2D eigenvalue weighted by Gasteiger charge is -2.20. The lowest BCUT2D eigenvalue weighted by Crippen LogP contribution is -2.27. The van der Waals surface area contributed by atoms with Crippen molar-refractivity contribution < 1.29 is 12.8 Å². The number of nitrogens with two attached hydrogens (primary N) is 1. The quantitative estimate of drug-likeness (QED) is 0.881. The van der Waals surface area contributed by atoms with E-state index in [1.165, 1.54) is 25.4 Å². The van der Waals surface area contributed by atoms with Gasteiger partial charge in [0.1, 0.15) is 5.82 Å². The lowest BCUT2D eigenvalue weighted by atomic mass is 9.98. The number of nitrogens with zero attached hydrogens (tertiary/aromatic N) is 3. The molecule has 0 aliphatic carbocycles. The molecule has 1 heterocycles. The zero-order valence-electron chi connectivity index (χ0n) is 14.6. The van der Waals surface area contributed by atoms with Gasteiger partial charge in [-0.05, 0) is 42.5 Å². The van der Waals surface area contributed by atoms with Crippen LogP contribution >= 0.6 is 0 Å². The average Bonchev–Trinajstić information content (AvgIpc) is 2.54.